The summed E-state index contributed by atoms with van der Waals surface area (Å²) in [6, 6.07) is 0.754. The molecule has 3 atom stereocenters. The van der Waals surface area contributed by atoms with Gasteiger partial charge in [-0.05, 0) is 50.5 Å². The summed E-state index contributed by atoms with van der Waals surface area (Å²) in [4.78, 5) is 0. The van der Waals surface area contributed by atoms with E-state index in [9.17, 15) is 4.21 Å². The van der Waals surface area contributed by atoms with Gasteiger partial charge in [0, 0.05) is 28.9 Å². The highest BCUT2D eigenvalue weighted by atomic mass is 32.2. The molecule has 2 fully saturated rings. The normalized spacial score (nSPS) is 32.6. The minimum atomic E-state index is -0.616. The van der Waals surface area contributed by atoms with Gasteiger partial charge in [0.25, 0.3) is 0 Å². The van der Waals surface area contributed by atoms with Crippen LogP contribution in [0, 0.1) is 11.8 Å². The van der Waals surface area contributed by atoms with Gasteiger partial charge in [-0.25, -0.2) is 0 Å². The third-order valence-electron chi connectivity index (χ3n) is 4.05. The second-order valence-corrected chi connectivity index (χ2v) is 7.10. The van der Waals surface area contributed by atoms with Gasteiger partial charge in [-0.2, -0.15) is 0 Å². The Kier molecular flexibility index (Phi) is 4.83. The van der Waals surface area contributed by atoms with E-state index in [2.05, 4.69) is 5.32 Å². The summed E-state index contributed by atoms with van der Waals surface area (Å²) in [6.07, 6.45) is 11.5. The lowest BCUT2D eigenvalue weighted by molar-refractivity contribution is 0.262. The molecule has 16 heavy (non-hydrogen) atoms. The first kappa shape index (κ1) is 12.6. The Bertz CT molecular complexity index is 240. The molecule has 94 valence electrons. The number of nitrogens with one attached hydrogen (secondary N) is 1. The van der Waals surface area contributed by atoms with Crippen LogP contribution in [-0.2, 0) is 10.8 Å². The fraction of sp³-hybridized carbons (Fsp3) is 1.00. The summed E-state index contributed by atoms with van der Waals surface area (Å²) in [5.74, 6) is 2.95. The van der Waals surface area contributed by atoms with E-state index in [1.54, 1.807) is 6.26 Å². The van der Waals surface area contributed by atoms with Gasteiger partial charge in [-0.1, -0.05) is 12.8 Å². The Hall–Kier alpha value is 0.110. The molecule has 0 spiro atoms. The molecule has 2 rings (SSSR count). The Balaban J connectivity index is 1.59. The number of hydrogen-bond donors (Lipinski definition) is 1. The molecule has 1 N–H and O–H groups in total. The highest BCUT2D eigenvalue weighted by Crippen LogP contribution is 2.43. The fourth-order valence-electron chi connectivity index (χ4n) is 2.99. The minimum absolute atomic E-state index is 0.616. The lowest BCUT2D eigenvalue weighted by Gasteiger charge is -2.30. The van der Waals surface area contributed by atoms with E-state index in [-0.39, 0.29) is 0 Å². The molecular weight excluding hydrogens is 218 g/mol. The molecule has 0 aromatic carbocycles. The molecule has 3 heteroatoms. The Morgan fingerprint density at radius 3 is 2.69 bits per heavy atom. The third-order valence-corrected chi connectivity index (χ3v) is 4.91. The molecular formula is C13H25NOS. The zero-order valence-corrected chi connectivity index (χ0v) is 11.2. The van der Waals surface area contributed by atoms with E-state index in [0.29, 0.717) is 0 Å². The Labute approximate surface area is 102 Å². The predicted molar refractivity (Wildman–Crippen MR) is 70.0 cm³/mol. The summed E-state index contributed by atoms with van der Waals surface area (Å²) in [5, 5.41) is 3.66. The Morgan fingerprint density at radius 2 is 2.00 bits per heavy atom. The highest BCUT2D eigenvalue weighted by molar-refractivity contribution is 7.84. The van der Waals surface area contributed by atoms with Gasteiger partial charge in [0.1, 0.15) is 0 Å². The summed E-state index contributed by atoms with van der Waals surface area (Å²) in [5.41, 5.74) is 0. The molecule has 2 aliphatic carbocycles. The molecule has 0 amide bonds. The van der Waals surface area contributed by atoms with Crippen LogP contribution >= 0.6 is 0 Å². The van der Waals surface area contributed by atoms with Crippen LogP contribution in [0.15, 0.2) is 0 Å². The van der Waals surface area contributed by atoms with Crippen molar-refractivity contribution in [1.29, 1.82) is 0 Å². The summed E-state index contributed by atoms with van der Waals surface area (Å²) in [7, 11) is -0.616. The standard InChI is InChI=1S/C13H25NOS/c1-16(15)9-3-8-14-13-5-2-4-12(10-13)11-6-7-11/h11-14H,2-10H2,1H3. The average Bonchev–Trinajstić information content (AvgIpc) is 3.08. The van der Waals surface area contributed by atoms with E-state index in [1.807, 2.05) is 0 Å². The molecule has 2 saturated carbocycles. The van der Waals surface area contributed by atoms with Crippen LogP contribution in [0.3, 0.4) is 0 Å². The SMILES string of the molecule is CS(=O)CCCNC1CCCC(C2CC2)C1. The minimum Gasteiger partial charge on any atom is -0.314 e. The second-order valence-electron chi connectivity index (χ2n) is 5.55. The summed E-state index contributed by atoms with van der Waals surface area (Å²) < 4.78 is 10.9. The highest BCUT2D eigenvalue weighted by Gasteiger charge is 2.34. The van der Waals surface area contributed by atoms with Crippen molar-refractivity contribution in [1.82, 2.24) is 5.32 Å². The van der Waals surface area contributed by atoms with Crippen LogP contribution in [0.5, 0.6) is 0 Å². The van der Waals surface area contributed by atoms with Crippen molar-refractivity contribution < 1.29 is 4.21 Å². The smallest absolute Gasteiger partial charge is 0.0244 e. The van der Waals surface area contributed by atoms with E-state index < -0.39 is 10.8 Å². The molecule has 3 unspecified atom stereocenters. The van der Waals surface area contributed by atoms with Gasteiger partial charge >= 0.3 is 0 Å². The van der Waals surface area contributed by atoms with Crippen molar-refractivity contribution in [2.75, 3.05) is 18.6 Å². The van der Waals surface area contributed by atoms with E-state index in [0.717, 1.165) is 36.6 Å². The molecule has 0 aliphatic heterocycles. The van der Waals surface area contributed by atoms with E-state index >= 15 is 0 Å². The van der Waals surface area contributed by atoms with Crippen LogP contribution in [-0.4, -0.2) is 28.8 Å². The summed E-state index contributed by atoms with van der Waals surface area (Å²) >= 11 is 0. The lowest BCUT2D eigenvalue weighted by Crippen LogP contribution is -2.35. The van der Waals surface area contributed by atoms with Crippen molar-refractivity contribution >= 4 is 10.8 Å². The fourth-order valence-corrected chi connectivity index (χ4v) is 3.54. The van der Waals surface area contributed by atoms with E-state index in [1.165, 1.54) is 38.5 Å². The van der Waals surface area contributed by atoms with E-state index in [4.69, 9.17) is 0 Å². The first-order valence-electron chi connectivity index (χ1n) is 6.79. The molecule has 2 aliphatic rings. The zero-order valence-electron chi connectivity index (χ0n) is 10.4. The van der Waals surface area contributed by atoms with Crippen molar-refractivity contribution in [3.63, 3.8) is 0 Å². The van der Waals surface area contributed by atoms with Gasteiger partial charge in [0.2, 0.25) is 0 Å². The first-order chi connectivity index (χ1) is 7.75. The maximum atomic E-state index is 10.9. The maximum Gasteiger partial charge on any atom is 0.0244 e. The maximum absolute atomic E-state index is 10.9. The lowest BCUT2D eigenvalue weighted by atomic mass is 9.83. The monoisotopic (exact) mass is 243 g/mol. The Morgan fingerprint density at radius 1 is 1.19 bits per heavy atom. The van der Waals surface area contributed by atoms with Gasteiger partial charge in [0.05, 0.1) is 0 Å². The molecule has 0 aromatic rings. The van der Waals surface area contributed by atoms with Crippen LogP contribution in [0.1, 0.15) is 44.9 Å². The van der Waals surface area contributed by atoms with Crippen LogP contribution in [0.2, 0.25) is 0 Å². The van der Waals surface area contributed by atoms with Gasteiger partial charge < -0.3 is 5.32 Å². The van der Waals surface area contributed by atoms with Crippen LogP contribution in [0.25, 0.3) is 0 Å². The van der Waals surface area contributed by atoms with Crippen molar-refractivity contribution in [3.05, 3.63) is 0 Å². The molecule has 2 nitrogen and oxygen atoms in total. The molecule has 0 aromatic heterocycles. The van der Waals surface area contributed by atoms with Crippen LogP contribution < -0.4 is 5.32 Å². The van der Waals surface area contributed by atoms with Gasteiger partial charge in [-0.3, -0.25) is 4.21 Å². The number of hydrogen-bond acceptors (Lipinski definition) is 2. The molecule has 0 radical (unpaired) electrons. The predicted octanol–water partition coefficient (Wildman–Crippen LogP) is 2.31. The van der Waals surface area contributed by atoms with Gasteiger partial charge in [-0.15, -0.1) is 0 Å². The quantitative estimate of drug-likeness (QED) is 0.725. The van der Waals surface area contributed by atoms with Crippen molar-refractivity contribution in [3.8, 4) is 0 Å². The first-order valence-corrected chi connectivity index (χ1v) is 8.52. The largest absolute Gasteiger partial charge is 0.314 e. The third kappa shape index (κ3) is 4.17. The topological polar surface area (TPSA) is 29.1 Å². The summed E-state index contributed by atoms with van der Waals surface area (Å²) in [6.45, 7) is 1.06. The number of rotatable bonds is 6. The van der Waals surface area contributed by atoms with Crippen molar-refractivity contribution in [2.45, 2.75) is 51.0 Å². The average molecular weight is 243 g/mol. The van der Waals surface area contributed by atoms with Crippen molar-refractivity contribution in [2.24, 2.45) is 11.8 Å². The molecule has 0 saturated heterocycles. The second kappa shape index (κ2) is 6.15. The molecule has 0 heterocycles. The zero-order chi connectivity index (χ0) is 11.4. The van der Waals surface area contributed by atoms with Gasteiger partial charge in [0.15, 0.2) is 0 Å². The molecule has 0 bridgehead atoms. The van der Waals surface area contributed by atoms with Crippen LogP contribution in [0.4, 0.5) is 0 Å².